The zero-order chi connectivity index (χ0) is 20.3. The average Bonchev–Trinajstić information content (AvgIpc) is 2.96. The lowest BCUT2D eigenvalue weighted by atomic mass is 10.2. The van der Waals surface area contributed by atoms with Crippen LogP contribution in [0.15, 0.2) is 29.2 Å². The molecule has 1 saturated heterocycles. The smallest absolute Gasteiger partial charge is 0.246 e. The highest BCUT2D eigenvalue weighted by Crippen LogP contribution is 2.23. The van der Waals surface area contributed by atoms with E-state index in [-0.39, 0.29) is 0 Å². The largest absolute Gasteiger partial charge is 0.497 e. The third-order valence-corrected chi connectivity index (χ3v) is 7.12. The molecule has 0 radical (unpaired) electrons. The molecule has 1 aliphatic rings. The number of nitrogens with one attached hydrogen (secondary N) is 1. The number of hydrogen-bond donors (Lipinski definition) is 1. The first-order valence-electron chi connectivity index (χ1n) is 9.39. The van der Waals surface area contributed by atoms with Crippen LogP contribution >= 0.6 is 0 Å². The van der Waals surface area contributed by atoms with Crippen molar-refractivity contribution in [3.8, 4) is 5.75 Å². The predicted molar refractivity (Wildman–Crippen MR) is 105 cm³/mol. The van der Waals surface area contributed by atoms with E-state index < -0.39 is 10.0 Å². The van der Waals surface area contributed by atoms with E-state index in [4.69, 9.17) is 9.47 Å². The summed E-state index contributed by atoms with van der Waals surface area (Å²) in [6.07, 6.45) is 0. The minimum atomic E-state index is -3.56. The van der Waals surface area contributed by atoms with Crippen molar-refractivity contribution in [2.45, 2.75) is 32.0 Å². The van der Waals surface area contributed by atoms with Crippen molar-refractivity contribution >= 4 is 10.0 Å². The second-order valence-corrected chi connectivity index (χ2v) is 9.03. The Morgan fingerprint density at radius 1 is 1.18 bits per heavy atom. The van der Waals surface area contributed by atoms with Gasteiger partial charge in [-0.05, 0) is 38.1 Å². The molecule has 2 heterocycles. The predicted octanol–water partition coefficient (Wildman–Crippen LogP) is 0.202. The molecule has 0 spiro atoms. The highest BCUT2D eigenvalue weighted by Gasteiger charge is 2.32. The summed E-state index contributed by atoms with van der Waals surface area (Å²) >= 11 is 0. The third-order valence-electron chi connectivity index (χ3n) is 4.97. The van der Waals surface area contributed by atoms with Gasteiger partial charge in [0.25, 0.3) is 0 Å². The van der Waals surface area contributed by atoms with E-state index in [0.717, 1.165) is 12.3 Å². The van der Waals surface area contributed by atoms with Crippen LogP contribution in [-0.2, 0) is 28.0 Å². The Kier molecular flexibility index (Phi) is 6.39. The normalized spacial score (nSPS) is 16.9. The van der Waals surface area contributed by atoms with Crippen molar-refractivity contribution in [1.29, 1.82) is 0 Å². The van der Waals surface area contributed by atoms with Gasteiger partial charge in [-0.15, -0.1) is 0 Å². The van der Waals surface area contributed by atoms with Gasteiger partial charge in [0, 0.05) is 18.7 Å². The lowest BCUT2D eigenvalue weighted by Crippen LogP contribution is -3.07. The molecule has 2 aromatic rings. The quantitative estimate of drug-likeness (QED) is 0.707. The van der Waals surface area contributed by atoms with Gasteiger partial charge in [-0.1, -0.05) is 0 Å². The molecule has 1 unspecified atom stereocenters. The number of quaternary nitrogens is 1. The Hall–Kier alpha value is -1.94. The summed E-state index contributed by atoms with van der Waals surface area (Å²) < 4.78 is 39.9. The lowest BCUT2D eigenvalue weighted by molar-refractivity contribution is -0.917. The van der Waals surface area contributed by atoms with Gasteiger partial charge in [0.1, 0.15) is 17.2 Å². The molecular formula is C19H29N4O4S+. The molecule has 0 saturated carbocycles. The molecule has 1 fully saturated rings. The summed E-state index contributed by atoms with van der Waals surface area (Å²) in [7, 11) is 0.159. The van der Waals surface area contributed by atoms with Crippen LogP contribution < -0.4 is 9.64 Å². The average molecular weight is 410 g/mol. The Bertz CT molecular complexity index is 903. The topological polar surface area (TPSA) is 78.1 Å². The van der Waals surface area contributed by atoms with Crippen molar-refractivity contribution in [1.82, 2.24) is 14.1 Å². The fourth-order valence-corrected chi connectivity index (χ4v) is 5.31. The Morgan fingerprint density at radius 3 is 2.43 bits per heavy atom. The summed E-state index contributed by atoms with van der Waals surface area (Å²) in [5, 5.41) is 4.52. The molecule has 0 aliphatic carbocycles. The minimum Gasteiger partial charge on any atom is -0.497 e. The van der Waals surface area contributed by atoms with Crippen LogP contribution in [0.5, 0.6) is 5.75 Å². The van der Waals surface area contributed by atoms with Gasteiger partial charge in [0.15, 0.2) is 6.67 Å². The third kappa shape index (κ3) is 4.38. The van der Waals surface area contributed by atoms with Crippen LogP contribution in [0.2, 0.25) is 0 Å². The van der Waals surface area contributed by atoms with E-state index in [1.807, 2.05) is 31.2 Å². The van der Waals surface area contributed by atoms with Crippen molar-refractivity contribution < 1.29 is 22.8 Å². The van der Waals surface area contributed by atoms with Crippen LogP contribution in [0.4, 0.5) is 0 Å². The molecule has 1 N–H and O–H groups in total. The number of hydrogen-bond acceptors (Lipinski definition) is 5. The van der Waals surface area contributed by atoms with E-state index in [1.54, 1.807) is 18.7 Å². The second kappa shape index (κ2) is 8.60. The molecule has 1 aliphatic heterocycles. The lowest BCUT2D eigenvalue weighted by Gasteiger charge is -2.26. The van der Waals surface area contributed by atoms with Crippen molar-refractivity contribution in [2.75, 3.05) is 40.5 Å². The number of ether oxygens (including phenoxy) is 2. The number of benzene rings is 1. The highest BCUT2D eigenvalue weighted by molar-refractivity contribution is 7.89. The maximum Gasteiger partial charge on any atom is 0.246 e. The maximum atomic E-state index is 13.1. The van der Waals surface area contributed by atoms with Gasteiger partial charge in [0.2, 0.25) is 10.0 Å². The van der Waals surface area contributed by atoms with Gasteiger partial charge in [-0.3, -0.25) is 0 Å². The van der Waals surface area contributed by atoms with E-state index in [1.165, 1.54) is 14.8 Å². The van der Waals surface area contributed by atoms with Gasteiger partial charge >= 0.3 is 0 Å². The van der Waals surface area contributed by atoms with E-state index in [0.29, 0.717) is 49.3 Å². The minimum absolute atomic E-state index is 0.326. The number of aryl methyl sites for hydroxylation is 1. The summed E-state index contributed by atoms with van der Waals surface area (Å²) in [5.41, 5.74) is 2.40. The van der Waals surface area contributed by atoms with E-state index in [9.17, 15) is 8.42 Å². The SMILES string of the molecule is COc1ccc(C[NH+](C)Cn2nc(C)c(S(=O)(=O)N3CCOCC3)c2C)cc1. The van der Waals surface area contributed by atoms with E-state index in [2.05, 4.69) is 12.1 Å². The first kappa shape index (κ1) is 20.8. The van der Waals surface area contributed by atoms with Gasteiger partial charge in [0.05, 0.1) is 38.8 Å². The van der Waals surface area contributed by atoms with E-state index >= 15 is 0 Å². The zero-order valence-corrected chi connectivity index (χ0v) is 17.8. The molecular weight excluding hydrogens is 380 g/mol. The Labute approximate surface area is 166 Å². The number of aromatic nitrogens is 2. The molecule has 28 heavy (non-hydrogen) atoms. The molecule has 0 bridgehead atoms. The van der Waals surface area contributed by atoms with Crippen molar-refractivity contribution in [3.05, 3.63) is 41.2 Å². The highest BCUT2D eigenvalue weighted by atomic mass is 32.2. The van der Waals surface area contributed by atoms with Crippen LogP contribution in [0.25, 0.3) is 0 Å². The molecule has 154 valence electrons. The van der Waals surface area contributed by atoms with Crippen LogP contribution in [0, 0.1) is 13.8 Å². The Balaban J connectivity index is 1.75. The van der Waals surface area contributed by atoms with Crippen molar-refractivity contribution in [2.24, 2.45) is 0 Å². The number of nitrogens with zero attached hydrogens (tertiary/aromatic N) is 3. The standard InChI is InChI=1S/C19H28N4O4S/c1-15-19(28(24,25)22-9-11-27-12-10-22)16(2)23(20-15)14-21(3)13-17-5-7-18(26-4)8-6-17/h5-8H,9-14H2,1-4H3/p+1. The zero-order valence-electron chi connectivity index (χ0n) is 16.9. The number of sulfonamides is 1. The number of rotatable bonds is 7. The van der Waals surface area contributed by atoms with Gasteiger partial charge in [-0.2, -0.15) is 9.40 Å². The molecule has 8 nitrogen and oxygen atoms in total. The van der Waals surface area contributed by atoms with Gasteiger partial charge < -0.3 is 14.4 Å². The van der Waals surface area contributed by atoms with Crippen LogP contribution in [0.3, 0.4) is 0 Å². The monoisotopic (exact) mass is 409 g/mol. The fourth-order valence-electron chi connectivity index (χ4n) is 3.53. The Morgan fingerprint density at radius 2 is 1.82 bits per heavy atom. The van der Waals surface area contributed by atoms with Crippen LogP contribution in [0.1, 0.15) is 17.0 Å². The molecule has 1 atom stereocenters. The number of morpholine rings is 1. The molecule has 9 heteroatoms. The summed E-state index contributed by atoms with van der Waals surface area (Å²) in [6, 6.07) is 7.97. The summed E-state index contributed by atoms with van der Waals surface area (Å²) in [4.78, 5) is 1.53. The molecule has 3 rings (SSSR count). The molecule has 1 aromatic heterocycles. The second-order valence-electron chi connectivity index (χ2n) is 7.16. The fraction of sp³-hybridized carbons (Fsp3) is 0.526. The van der Waals surface area contributed by atoms with Crippen LogP contribution in [-0.4, -0.2) is 63.0 Å². The number of methoxy groups -OCH3 is 1. The molecule has 1 aromatic carbocycles. The van der Waals surface area contributed by atoms with Gasteiger partial charge in [-0.25, -0.2) is 13.1 Å². The maximum absolute atomic E-state index is 13.1. The molecule has 0 amide bonds. The van der Waals surface area contributed by atoms with Crippen molar-refractivity contribution in [3.63, 3.8) is 0 Å². The first-order valence-corrected chi connectivity index (χ1v) is 10.8. The summed E-state index contributed by atoms with van der Waals surface area (Å²) in [6.45, 7) is 6.60. The summed E-state index contributed by atoms with van der Waals surface area (Å²) in [5.74, 6) is 0.831. The first-order chi connectivity index (χ1) is 13.3.